The number of nitrogens with one attached hydrogen (secondary N) is 2. The predicted octanol–water partition coefficient (Wildman–Crippen LogP) is 0.777. The summed E-state index contributed by atoms with van der Waals surface area (Å²) < 4.78 is 1.80. The molecule has 6 nitrogen and oxygen atoms in total. The SMILES string of the molecule is CN(CCNC(=O)[C@H]1CNC[C@@H]1c1cnn(C)c1)C1CC1.Cl.Cl. The fourth-order valence-electron chi connectivity index (χ4n) is 3.12. The number of likely N-dealkylation sites (N-methyl/N-ethyl adjacent to an activating group) is 1. The molecule has 2 fully saturated rings. The number of rotatable bonds is 6. The lowest BCUT2D eigenvalue weighted by Crippen LogP contribution is -2.39. The van der Waals surface area contributed by atoms with Crippen LogP contribution in [0.3, 0.4) is 0 Å². The molecule has 2 aliphatic rings. The van der Waals surface area contributed by atoms with E-state index in [-0.39, 0.29) is 42.6 Å². The highest BCUT2D eigenvalue weighted by Gasteiger charge is 2.34. The maximum atomic E-state index is 12.4. The summed E-state index contributed by atoms with van der Waals surface area (Å²) in [6.07, 6.45) is 6.50. The van der Waals surface area contributed by atoms with Gasteiger partial charge in [-0.1, -0.05) is 0 Å². The highest BCUT2D eigenvalue weighted by molar-refractivity contribution is 5.85. The smallest absolute Gasteiger partial charge is 0.225 e. The van der Waals surface area contributed by atoms with Crippen LogP contribution in [0.25, 0.3) is 0 Å². The van der Waals surface area contributed by atoms with Gasteiger partial charge in [-0.25, -0.2) is 0 Å². The summed E-state index contributed by atoms with van der Waals surface area (Å²) in [5, 5.41) is 10.6. The molecule has 0 bridgehead atoms. The van der Waals surface area contributed by atoms with Crippen molar-refractivity contribution in [1.82, 2.24) is 25.3 Å². The largest absolute Gasteiger partial charge is 0.355 e. The Morgan fingerprint density at radius 3 is 2.78 bits per heavy atom. The number of aryl methyl sites for hydroxylation is 1. The highest BCUT2D eigenvalue weighted by atomic mass is 35.5. The van der Waals surface area contributed by atoms with Gasteiger partial charge in [0, 0.05) is 51.4 Å². The summed E-state index contributed by atoms with van der Waals surface area (Å²) in [4.78, 5) is 14.7. The first-order chi connectivity index (χ1) is 10.1. The third-order valence-corrected chi connectivity index (χ3v) is 4.64. The van der Waals surface area contributed by atoms with E-state index in [4.69, 9.17) is 0 Å². The van der Waals surface area contributed by atoms with E-state index in [0.29, 0.717) is 0 Å². The van der Waals surface area contributed by atoms with Gasteiger partial charge in [-0.15, -0.1) is 24.8 Å². The fourth-order valence-corrected chi connectivity index (χ4v) is 3.12. The number of amides is 1. The molecule has 0 radical (unpaired) electrons. The molecule has 3 rings (SSSR count). The minimum absolute atomic E-state index is 0. The van der Waals surface area contributed by atoms with Crippen molar-refractivity contribution in [2.24, 2.45) is 13.0 Å². The summed E-state index contributed by atoms with van der Waals surface area (Å²) in [5.74, 6) is 0.415. The van der Waals surface area contributed by atoms with Crippen LogP contribution in [0.2, 0.25) is 0 Å². The minimum atomic E-state index is 0. The van der Waals surface area contributed by atoms with E-state index in [1.807, 2.05) is 19.4 Å². The Hall–Kier alpha value is -0.820. The highest BCUT2D eigenvalue weighted by Crippen LogP contribution is 2.28. The number of hydrogen-bond acceptors (Lipinski definition) is 4. The average molecular weight is 364 g/mol. The van der Waals surface area contributed by atoms with Crippen molar-refractivity contribution in [2.75, 3.05) is 33.2 Å². The van der Waals surface area contributed by atoms with Gasteiger partial charge in [0.2, 0.25) is 5.91 Å². The number of aromatic nitrogens is 2. The molecule has 1 aliphatic carbocycles. The molecular weight excluding hydrogens is 337 g/mol. The van der Waals surface area contributed by atoms with E-state index in [2.05, 4.69) is 27.7 Å². The second-order valence-electron chi connectivity index (χ2n) is 6.32. The van der Waals surface area contributed by atoms with Crippen LogP contribution < -0.4 is 10.6 Å². The monoisotopic (exact) mass is 363 g/mol. The van der Waals surface area contributed by atoms with Crippen molar-refractivity contribution in [3.05, 3.63) is 18.0 Å². The van der Waals surface area contributed by atoms with E-state index >= 15 is 0 Å². The van der Waals surface area contributed by atoms with E-state index in [0.717, 1.165) is 37.8 Å². The molecule has 1 saturated carbocycles. The van der Waals surface area contributed by atoms with Crippen molar-refractivity contribution < 1.29 is 4.79 Å². The normalized spacial score (nSPS) is 23.3. The van der Waals surface area contributed by atoms with E-state index in [1.165, 1.54) is 12.8 Å². The Bertz CT molecular complexity index is 506. The molecule has 0 unspecified atom stereocenters. The van der Waals surface area contributed by atoms with Crippen LogP contribution in [0.4, 0.5) is 0 Å². The van der Waals surface area contributed by atoms with Crippen LogP contribution in [0.5, 0.6) is 0 Å². The zero-order valence-corrected chi connectivity index (χ0v) is 15.3. The number of carbonyl (C=O) groups is 1. The third-order valence-electron chi connectivity index (χ3n) is 4.64. The molecule has 1 amide bonds. The van der Waals surface area contributed by atoms with Gasteiger partial charge in [-0.05, 0) is 25.5 Å². The van der Waals surface area contributed by atoms with Crippen LogP contribution in [0.1, 0.15) is 24.3 Å². The van der Waals surface area contributed by atoms with Gasteiger partial charge in [0.05, 0.1) is 12.1 Å². The molecule has 2 N–H and O–H groups in total. The quantitative estimate of drug-likeness (QED) is 0.783. The second-order valence-corrected chi connectivity index (χ2v) is 6.32. The van der Waals surface area contributed by atoms with Crippen molar-refractivity contribution in [2.45, 2.75) is 24.8 Å². The molecular formula is C15H27Cl2N5O. The van der Waals surface area contributed by atoms with Gasteiger partial charge in [-0.2, -0.15) is 5.10 Å². The van der Waals surface area contributed by atoms with Crippen LogP contribution in [0, 0.1) is 5.92 Å². The molecule has 1 aromatic heterocycles. The first-order valence-corrected chi connectivity index (χ1v) is 7.82. The van der Waals surface area contributed by atoms with E-state index in [1.54, 1.807) is 4.68 Å². The van der Waals surface area contributed by atoms with Crippen LogP contribution in [-0.2, 0) is 11.8 Å². The standard InChI is InChI=1S/C15H25N5O.2ClH/c1-19(12-3-4-12)6-5-17-15(21)14-9-16-8-13(14)11-7-18-20(2)10-11;;/h7,10,12-14,16H,3-6,8-9H2,1-2H3,(H,17,21);2*1H/t13-,14+;;/m1../s1. The summed E-state index contributed by atoms with van der Waals surface area (Å²) in [6.45, 7) is 3.28. The Balaban J connectivity index is 0.00000132. The van der Waals surface area contributed by atoms with Gasteiger partial charge >= 0.3 is 0 Å². The minimum Gasteiger partial charge on any atom is -0.355 e. The molecule has 2 atom stereocenters. The summed E-state index contributed by atoms with van der Waals surface area (Å²) in [5.41, 5.74) is 1.15. The Kier molecular flexibility index (Phi) is 7.80. The molecule has 1 aromatic rings. The summed E-state index contributed by atoms with van der Waals surface area (Å²) in [6, 6.07) is 0.748. The molecule has 23 heavy (non-hydrogen) atoms. The molecule has 2 heterocycles. The zero-order chi connectivity index (χ0) is 14.8. The maximum absolute atomic E-state index is 12.4. The van der Waals surface area contributed by atoms with Crippen molar-refractivity contribution in [1.29, 1.82) is 0 Å². The first-order valence-electron chi connectivity index (χ1n) is 7.82. The van der Waals surface area contributed by atoms with Gasteiger partial charge in [0.25, 0.3) is 0 Å². The van der Waals surface area contributed by atoms with Crippen LogP contribution in [0.15, 0.2) is 12.4 Å². The summed E-state index contributed by atoms with van der Waals surface area (Å²) >= 11 is 0. The Labute approximate surface area is 150 Å². The van der Waals surface area contributed by atoms with Crippen molar-refractivity contribution in [3.8, 4) is 0 Å². The van der Waals surface area contributed by atoms with Gasteiger partial charge in [-0.3, -0.25) is 9.48 Å². The van der Waals surface area contributed by atoms with E-state index < -0.39 is 0 Å². The van der Waals surface area contributed by atoms with Crippen molar-refractivity contribution >= 4 is 30.7 Å². The van der Waals surface area contributed by atoms with Crippen LogP contribution >= 0.6 is 24.8 Å². The third kappa shape index (κ3) is 5.08. The van der Waals surface area contributed by atoms with Gasteiger partial charge in [0.1, 0.15) is 0 Å². The number of nitrogens with zero attached hydrogens (tertiary/aromatic N) is 3. The van der Waals surface area contributed by atoms with Crippen molar-refractivity contribution in [3.63, 3.8) is 0 Å². The summed E-state index contributed by atoms with van der Waals surface area (Å²) in [7, 11) is 4.05. The van der Waals surface area contributed by atoms with E-state index in [9.17, 15) is 4.79 Å². The number of carbonyl (C=O) groups excluding carboxylic acids is 1. The molecule has 1 saturated heterocycles. The maximum Gasteiger partial charge on any atom is 0.225 e. The lowest BCUT2D eigenvalue weighted by molar-refractivity contribution is -0.124. The van der Waals surface area contributed by atoms with Crippen LogP contribution in [-0.4, -0.2) is 59.9 Å². The molecule has 1 aliphatic heterocycles. The molecule has 0 spiro atoms. The van der Waals surface area contributed by atoms with Gasteiger partial charge in [0.15, 0.2) is 0 Å². The zero-order valence-electron chi connectivity index (χ0n) is 13.7. The topological polar surface area (TPSA) is 62.2 Å². The second kappa shape index (κ2) is 8.87. The Morgan fingerprint density at radius 1 is 1.43 bits per heavy atom. The molecule has 132 valence electrons. The number of hydrogen-bond donors (Lipinski definition) is 2. The first kappa shape index (κ1) is 20.2. The lowest BCUT2D eigenvalue weighted by Gasteiger charge is -2.19. The lowest BCUT2D eigenvalue weighted by atomic mass is 9.90. The number of halogens is 2. The van der Waals surface area contributed by atoms with Gasteiger partial charge < -0.3 is 15.5 Å². The fraction of sp³-hybridized carbons (Fsp3) is 0.733. The predicted molar refractivity (Wildman–Crippen MR) is 95.5 cm³/mol. The Morgan fingerprint density at radius 2 is 2.17 bits per heavy atom. The molecule has 8 heteroatoms. The molecule has 0 aromatic carbocycles. The average Bonchev–Trinajstić information content (AvgIpc) is 3.04.